The fourth-order valence-corrected chi connectivity index (χ4v) is 3.17. The number of rotatable bonds is 7. The van der Waals surface area contributed by atoms with Gasteiger partial charge in [0.25, 0.3) is 0 Å². The Morgan fingerprint density at radius 3 is 2.70 bits per heavy atom. The normalized spacial score (nSPS) is 10.9. The highest BCUT2D eigenvalue weighted by Gasteiger charge is 2.11. The van der Waals surface area contributed by atoms with Crippen LogP contribution < -0.4 is 5.32 Å². The molecule has 1 aromatic heterocycles. The maximum atomic E-state index is 6.31. The fourth-order valence-electron chi connectivity index (χ4n) is 1.98. The molecule has 0 saturated heterocycles. The van der Waals surface area contributed by atoms with Crippen LogP contribution in [0.25, 0.3) is 0 Å². The van der Waals surface area contributed by atoms with Gasteiger partial charge in [-0.3, -0.25) is 4.68 Å². The monoisotopic (exact) mass is 309 g/mol. The van der Waals surface area contributed by atoms with Crippen LogP contribution in [-0.4, -0.2) is 22.1 Å². The summed E-state index contributed by atoms with van der Waals surface area (Å²) < 4.78 is 1.87. The summed E-state index contributed by atoms with van der Waals surface area (Å²) in [5, 5.41) is 8.64. The van der Waals surface area contributed by atoms with Crippen molar-refractivity contribution in [3.8, 4) is 0 Å². The number of thioether (sulfide) groups is 1. The van der Waals surface area contributed by atoms with Gasteiger partial charge in [0.15, 0.2) is 0 Å². The molecule has 0 atom stereocenters. The molecule has 5 heteroatoms. The molecule has 2 rings (SSSR count). The molecular formula is C15H20ClN3S. The van der Waals surface area contributed by atoms with Crippen LogP contribution >= 0.6 is 23.4 Å². The Morgan fingerprint density at radius 1 is 1.30 bits per heavy atom. The summed E-state index contributed by atoms with van der Waals surface area (Å²) in [6.07, 6.45) is 0.872. The van der Waals surface area contributed by atoms with Crippen LogP contribution in [0, 0.1) is 0 Å². The van der Waals surface area contributed by atoms with E-state index in [0.29, 0.717) is 0 Å². The predicted molar refractivity (Wildman–Crippen MR) is 86.5 cm³/mol. The van der Waals surface area contributed by atoms with Crippen molar-refractivity contribution >= 4 is 23.4 Å². The van der Waals surface area contributed by atoms with Crippen LogP contribution in [-0.2, 0) is 20.0 Å². The molecule has 1 aromatic carbocycles. The first-order valence-electron chi connectivity index (χ1n) is 6.81. The molecule has 1 N–H and O–H groups in total. The van der Waals surface area contributed by atoms with Gasteiger partial charge in [0.1, 0.15) is 0 Å². The number of benzene rings is 1. The van der Waals surface area contributed by atoms with E-state index in [9.17, 15) is 0 Å². The van der Waals surface area contributed by atoms with Crippen LogP contribution in [0.15, 0.2) is 35.2 Å². The molecule has 0 spiro atoms. The van der Waals surface area contributed by atoms with Crippen molar-refractivity contribution in [3.63, 3.8) is 0 Å². The molecule has 0 aliphatic heterocycles. The summed E-state index contributed by atoms with van der Waals surface area (Å²) in [5.74, 6) is 1.04. The zero-order chi connectivity index (χ0) is 14.4. The lowest BCUT2D eigenvalue weighted by Crippen LogP contribution is -2.18. The molecule has 0 radical (unpaired) electrons. The molecule has 0 aliphatic carbocycles. The average Bonchev–Trinajstić information content (AvgIpc) is 2.75. The molecule has 3 nitrogen and oxygen atoms in total. The number of hydrogen-bond acceptors (Lipinski definition) is 3. The van der Waals surface area contributed by atoms with Crippen LogP contribution in [0.2, 0.25) is 5.02 Å². The van der Waals surface area contributed by atoms with E-state index in [1.807, 2.05) is 29.6 Å². The highest BCUT2D eigenvalue weighted by Crippen LogP contribution is 2.20. The maximum absolute atomic E-state index is 6.31. The van der Waals surface area contributed by atoms with Crippen LogP contribution in [0.3, 0.4) is 0 Å². The van der Waals surface area contributed by atoms with Crippen molar-refractivity contribution in [2.24, 2.45) is 7.05 Å². The summed E-state index contributed by atoms with van der Waals surface area (Å²) in [4.78, 5) is 1.31. The Bertz CT molecular complexity index is 540. The van der Waals surface area contributed by atoms with Gasteiger partial charge in [-0.1, -0.05) is 36.7 Å². The summed E-state index contributed by atoms with van der Waals surface area (Å²) in [6.45, 7) is 3.78. The second-order valence-corrected chi connectivity index (χ2v) is 6.07. The Kier molecular flexibility index (Phi) is 5.95. The third kappa shape index (κ3) is 4.01. The largest absolute Gasteiger partial charge is 0.310 e. The third-order valence-electron chi connectivity index (χ3n) is 3.09. The summed E-state index contributed by atoms with van der Waals surface area (Å²) in [5.41, 5.74) is 2.04. The van der Waals surface area contributed by atoms with E-state index in [1.165, 1.54) is 4.90 Å². The smallest absolute Gasteiger partial charge is 0.0863 e. The van der Waals surface area contributed by atoms with Crippen molar-refractivity contribution < 1.29 is 0 Å². The molecule has 1 heterocycles. The highest BCUT2D eigenvalue weighted by molar-refractivity contribution is 7.99. The van der Waals surface area contributed by atoms with E-state index in [0.717, 1.165) is 41.7 Å². The van der Waals surface area contributed by atoms with Crippen molar-refractivity contribution in [3.05, 3.63) is 46.7 Å². The third-order valence-corrected chi connectivity index (χ3v) is 4.54. The van der Waals surface area contributed by atoms with Crippen molar-refractivity contribution in [2.75, 3.05) is 12.3 Å². The molecule has 0 unspecified atom stereocenters. The van der Waals surface area contributed by atoms with Gasteiger partial charge in [-0.2, -0.15) is 5.10 Å². The first-order valence-corrected chi connectivity index (χ1v) is 8.17. The Balaban J connectivity index is 1.75. The van der Waals surface area contributed by atoms with Crippen LogP contribution in [0.5, 0.6) is 0 Å². The van der Waals surface area contributed by atoms with Gasteiger partial charge in [0.2, 0.25) is 0 Å². The van der Waals surface area contributed by atoms with E-state index in [4.69, 9.17) is 11.6 Å². The van der Waals surface area contributed by atoms with Gasteiger partial charge in [-0.05, 0) is 18.6 Å². The molecule has 0 amide bonds. The molecule has 0 fully saturated rings. The molecule has 0 bridgehead atoms. The van der Waals surface area contributed by atoms with Gasteiger partial charge < -0.3 is 5.32 Å². The van der Waals surface area contributed by atoms with Gasteiger partial charge >= 0.3 is 0 Å². The van der Waals surface area contributed by atoms with E-state index >= 15 is 0 Å². The number of aryl methyl sites for hydroxylation is 2. The maximum Gasteiger partial charge on any atom is 0.0863 e. The van der Waals surface area contributed by atoms with Gasteiger partial charge in [0, 0.05) is 30.8 Å². The van der Waals surface area contributed by atoms with E-state index < -0.39 is 0 Å². The first-order chi connectivity index (χ1) is 9.72. The van der Waals surface area contributed by atoms with Crippen LogP contribution in [0.1, 0.15) is 18.3 Å². The van der Waals surface area contributed by atoms with Crippen LogP contribution in [0.4, 0.5) is 0 Å². The Hall–Kier alpha value is -0.970. The summed E-state index contributed by atoms with van der Waals surface area (Å²) in [7, 11) is 1.95. The number of nitrogens with one attached hydrogen (secondary N) is 1. The second kappa shape index (κ2) is 7.72. The van der Waals surface area contributed by atoms with E-state index in [-0.39, 0.29) is 0 Å². The zero-order valence-electron chi connectivity index (χ0n) is 11.9. The lowest BCUT2D eigenvalue weighted by molar-refractivity contribution is 0.641. The highest BCUT2D eigenvalue weighted by atomic mass is 35.5. The minimum absolute atomic E-state index is 0.762. The molecule has 0 saturated carbocycles. The zero-order valence-corrected chi connectivity index (χ0v) is 13.5. The molecular weight excluding hydrogens is 290 g/mol. The van der Waals surface area contributed by atoms with Crippen molar-refractivity contribution in [1.29, 1.82) is 0 Å². The predicted octanol–water partition coefficient (Wildman–Crippen LogP) is 3.52. The van der Waals surface area contributed by atoms with Crippen molar-refractivity contribution in [1.82, 2.24) is 15.1 Å². The SMILES string of the molecule is CCc1nn(C)c(CNCCSc2ccccc2)c1Cl. The average molecular weight is 310 g/mol. The van der Waals surface area contributed by atoms with E-state index in [1.54, 1.807) is 0 Å². The molecule has 2 aromatic rings. The standard InChI is InChI=1S/C15H20ClN3S/c1-3-13-15(16)14(19(2)18-13)11-17-9-10-20-12-7-5-4-6-8-12/h4-8,17H,3,9-11H2,1-2H3. The summed E-state index contributed by atoms with van der Waals surface area (Å²) >= 11 is 8.17. The minimum Gasteiger partial charge on any atom is -0.310 e. The second-order valence-electron chi connectivity index (χ2n) is 4.52. The topological polar surface area (TPSA) is 29.9 Å². The number of hydrogen-bond donors (Lipinski definition) is 1. The molecule has 0 aliphatic rings. The van der Waals surface area contributed by atoms with Gasteiger partial charge in [-0.15, -0.1) is 11.8 Å². The van der Waals surface area contributed by atoms with Gasteiger partial charge in [-0.25, -0.2) is 0 Å². The molecule has 20 heavy (non-hydrogen) atoms. The van der Waals surface area contributed by atoms with E-state index in [2.05, 4.69) is 41.6 Å². The Labute approximate surface area is 129 Å². The Morgan fingerprint density at radius 2 is 2.05 bits per heavy atom. The molecule has 108 valence electrons. The minimum atomic E-state index is 0.762. The number of halogens is 1. The first kappa shape index (κ1) is 15.4. The lowest BCUT2D eigenvalue weighted by Gasteiger charge is -2.06. The lowest BCUT2D eigenvalue weighted by atomic mass is 10.3. The number of aromatic nitrogens is 2. The van der Waals surface area contributed by atoms with Gasteiger partial charge in [0.05, 0.1) is 16.4 Å². The quantitative estimate of drug-likeness (QED) is 0.627. The fraction of sp³-hybridized carbons (Fsp3) is 0.400. The summed E-state index contributed by atoms with van der Waals surface area (Å²) in [6, 6.07) is 10.4. The van der Waals surface area contributed by atoms with Crippen molar-refractivity contribution in [2.45, 2.75) is 24.8 Å². The number of nitrogens with zero attached hydrogens (tertiary/aromatic N) is 2.